The second-order valence-electron chi connectivity index (χ2n) is 20.6. The number of nitrogens with zero attached hydrogens (tertiary/aromatic N) is 6. The summed E-state index contributed by atoms with van der Waals surface area (Å²) >= 11 is 0. The van der Waals surface area contributed by atoms with Gasteiger partial charge in [-0.3, -0.25) is 0 Å². The fourth-order valence-electron chi connectivity index (χ4n) is 11.9. The molecule has 0 radical (unpaired) electrons. The Morgan fingerprint density at radius 2 is 0.375 bits per heavy atom. The molecule has 3 aliphatic carbocycles. The van der Waals surface area contributed by atoms with Crippen molar-refractivity contribution in [3.8, 4) is 113 Å². The van der Waals surface area contributed by atoms with E-state index in [0.717, 1.165) is 55.6 Å². The zero-order chi connectivity index (χ0) is 52.9. The Labute approximate surface area is 464 Å². The molecule has 11 aromatic carbocycles. The zero-order valence-corrected chi connectivity index (χ0v) is 43.4. The SMILES string of the molecule is c1ccc(-c2cccc(-c3cccc(-c4nc(-c5ccccc5)nc(-c5ccc6c(c5)C5c7ccccc7C6c6cc(-c7nc(-c8ccccc8)nc(-c8cccc(-c9cccc(-c%10ccccc%10)c9)c8)n7)ccc65)n4)c3)c2)cc1. The van der Waals surface area contributed by atoms with Gasteiger partial charge in [0.25, 0.3) is 0 Å². The van der Waals surface area contributed by atoms with E-state index in [1.165, 1.54) is 55.6 Å². The third-order valence-corrected chi connectivity index (χ3v) is 15.7. The Bertz CT molecular complexity index is 4200. The number of hydrogen-bond donors (Lipinski definition) is 0. The molecule has 0 N–H and O–H groups in total. The van der Waals surface area contributed by atoms with Gasteiger partial charge in [-0.1, -0.05) is 243 Å². The molecule has 6 heteroatoms. The van der Waals surface area contributed by atoms with Gasteiger partial charge in [0, 0.05) is 45.2 Å². The van der Waals surface area contributed by atoms with Crippen LogP contribution in [0.5, 0.6) is 0 Å². The number of aromatic nitrogens is 6. The molecule has 3 aliphatic rings. The molecule has 0 amide bonds. The fourth-order valence-corrected chi connectivity index (χ4v) is 11.9. The highest BCUT2D eigenvalue weighted by Crippen LogP contribution is 2.56. The van der Waals surface area contributed by atoms with Crippen LogP contribution in [0.1, 0.15) is 45.2 Å². The maximum atomic E-state index is 5.30. The van der Waals surface area contributed by atoms with Crippen LogP contribution in [0.3, 0.4) is 0 Å². The predicted octanol–water partition coefficient (Wildman–Crippen LogP) is 17.7. The molecule has 13 aromatic rings. The van der Waals surface area contributed by atoms with E-state index in [4.69, 9.17) is 29.9 Å². The lowest BCUT2D eigenvalue weighted by Gasteiger charge is -2.42. The Morgan fingerprint density at radius 3 is 0.713 bits per heavy atom. The van der Waals surface area contributed by atoms with Crippen LogP contribution in [0.2, 0.25) is 0 Å². The minimum atomic E-state index is -0.00892. The van der Waals surface area contributed by atoms with E-state index >= 15 is 0 Å². The second-order valence-corrected chi connectivity index (χ2v) is 20.6. The monoisotopic (exact) mass is 1020 g/mol. The summed E-state index contributed by atoms with van der Waals surface area (Å²) in [6.45, 7) is 0. The maximum Gasteiger partial charge on any atom is 0.164 e. The first-order valence-electron chi connectivity index (χ1n) is 27.1. The lowest BCUT2D eigenvalue weighted by Crippen LogP contribution is -2.27. The van der Waals surface area contributed by atoms with Crippen LogP contribution >= 0.6 is 0 Å². The van der Waals surface area contributed by atoms with E-state index in [-0.39, 0.29) is 11.8 Å². The topological polar surface area (TPSA) is 77.3 Å². The number of benzene rings is 11. The Morgan fingerprint density at radius 1 is 0.150 bits per heavy atom. The molecule has 2 unspecified atom stereocenters. The zero-order valence-electron chi connectivity index (χ0n) is 43.4. The molecule has 2 atom stereocenters. The molecule has 16 rings (SSSR count). The van der Waals surface area contributed by atoms with E-state index in [1.54, 1.807) is 0 Å². The number of rotatable bonds is 10. The Hall–Kier alpha value is -10.6. The van der Waals surface area contributed by atoms with E-state index in [2.05, 4.69) is 243 Å². The van der Waals surface area contributed by atoms with Gasteiger partial charge in [0.1, 0.15) is 0 Å². The van der Waals surface area contributed by atoms with Crippen LogP contribution in [-0.4, -0.2) is 29.9 Å². The third kappa shape index (κ3) is 8.56. The molecule has 0 saturated carbocycles. The third-order valence-electron chi connectivity index (χ3n) is 15.7. The summed E-state index contributed by atoms with van der Waals surface area (Å²) in [6.07, 6.45) is 0. The van der Waals surface area contributed by atoms with Crippen molar-refractivity contribution >= 4 is 0 Å². The maximum absolute atomic E-state index is 5.30. The summed E-state index contributed by atoms with van der Waals surface area (Å²) in [5.41, 5.74) is 22.4. The summed E-state index contributed by atoms with van der Waals surface area (Å²) in [7, 11) is 0. The minimum absolute atomic E-state index is 0.00892. The van der Waals surface area contributed by atoms with Gasteiger partial charge in [-0.15, -0.1) is 0 Å². The summed E-state index contributed by atoms with van der Waals surface area (Å²) in [4.78, 5) is 31.3. The van der Waals surface area contributed by atoms with Crippen molar-refractivity contribution in [1.82, 2.24) is 29.9 Å². The summed E-state index contributed by atoms with van der Waals surface area (Å²) in [5.74, 6) is 3.74. The second kappa shape index (κ2) is 19.8. The van der Waals surface area contributed by atoms with Crippen molar-refractivity contribution in [3.63, 3.8) is 0 Å². The van der Waals surface area contributed by atoms with Crippen molar-refractivity contribution in [1.29, 1.82) is 0 Å². The van der Waals surface area contributed by atoms with Gasteiger partial charge in [-0.2, -0.15) is 0 Å². The molecule has 0 fully saturated rings. The van der Waals surface area contributed by atoms with Crippen LogP contribution in [-0.2, 0) is 0 Å². The van der Waals surface area contributed by atoms with Gasteiger partial charge < -0.3 is 0 Å². The molecular formula is C74H48N6. The molecule has 0 aliphatic heterocycles. The van der Waals surface area contributed by atoms with Crippen molar-refractivity contribution in [3.05, 3.63) is 312 Å². The van der Waals surface area contributed by atoms with Gasteiger partial charge in [0.05, 0.1) is 0 Å². The lowest BCUT2D eigenvalue weighted by molar-refractivity contribution is 0.754. The van der Waals surface area contributed by atoms with Crippen molar-refractivity contribution < 1.29 is 0 Å². The molecule has 0 saturated heterocycles. The summed E-state index contributed by atoms with van der Waals surface area (Å²) in [5, 5.41) is 0. The Kier molecular flexibility index (Phi) is 11.6. The van der Waals surface area contributed by atoms with Crippen LogP contribution in [0.15, 0.2) is 279 Å². The first kappa shape index (κ1) is 46.7. The van der Waals surface area contributed by atoms with Crippen LogP contribution in [0, 0.1) is 0 Å². The van der Waals surface area contributed by atoms with Gasteiger partial charge in [-0.25, -0.2) is 29.9 Å². The summed E-state index contributed by atoms with van der Waals surface area (Å²) < 4.78 is 0. The normalized spacial score (nSPS) is 13.8. The summed E-state index contributed by atoms with van der Waals surface area (Å²) in [6, 6.07) is 98.5. The van der Waals surface area contributed by atoms with Gasteiger partial charge in [-0.05, 0) is 114 Å². The molecule has 2 bridgehead atoms. The predicted molar refractivity (Wildman–Crippen MR) is 322 cm³/mol. The van der Waals surface area contributed by atoms with E-state index in [0.29, 0.717) is 34.9 Å². The fraction of sp³-hybridized carbons (Fsp3) is 0.0270. The number of hydrogen-bond acceptors (Lipinski definition) is 6. The molecule has 374 valence electrons. The van der Waals surface area contributed by atoms with E-state index < -0.39 is 0 Å². The van der Waals surface area contributed by atoms with E-state index in [1.807, 2.05) is 36.4 Å². The molecule has 6 nitrogen and oxygen atoms in total. The van der Waals surface area contributed by atoms with Crippen molar-refractivity contribution in [2.24, 2.45) is 0 Å². The van der Waals surface area contributed by atoms with Crippen LogP contribution < -0.4 is 0 Å². The van der Waals surface area contributed by atoms with Crippen molar-refractivity contribution in [2.75, 3.05) is 0 Å². The highest BCUT2D eigenvalue weighted by Gasteiger charge is 2.41. The van der Waals surface area contributed by atoms with Gasteiger partial charge in [0.15, 0.2) is 34.9 Å². The largest absolute Gasteiger partial charge is 0.208 e. The average Bonchev–Trinajstić information content (AvgIpc) is 3.57. The molecular weight excluding hydrogens is 973 g/mol. The first-order valence-corrected chi connectivity index (χ1v) is 27.1. The first-order chi connectivity index (χ1) is 39.6. The quantitative estimate of drug-likeness (QED) is 0.136. The molecule has 0 spiro atoms. The van der Waals surface area contributed by atoms with Crippen LogP contribution in [0.4, 0.5) is 0 Å². The smallest absolute Gasteiger partial charge is 0.164 e. The average molecular weight is 1020 g/mol. The van der Waals surface area contributed by atoms with E-state index in [9.17, 15) is 0 Å². The minimum Gasteiger partial charge on any atom is -0.208 e. The standard InChI is InChI=1S/C74H48N6/c1-5-19-47(20-6-1)51-27-15-29-53(41-51)55-31-17-33-57(43-55)71-75-69(49-23-9-3-10-24-49)77-73(79-71)59-37-39-63-65(45-59)67-61-35-13-14-36-62(61)68(63)66-46-60(38-40-64(66)67)74-78-70(50-25-11-4-12-26-50)76-72(80-74)58-34-18-32-56(44-58)54-30-16-28-52(42-54)48-21-7-2-8-22-48/h1-46,67-68H. The van der Waals surface area contributed by atoms with Crippen molar-refractivity contribution in [2.45, 2.75) is 11.8 Å². The Balaban J connectivity index is 0.810. The van der Waals surface area contributed by atoms with Gasteiger partial charge >= 0.3 is 0 Å². The lowest BCUT2D eigenvalue weighted by atomic mass is 9.61. The molecule has 2 heterocycles. The molecule has 2 aromatic heterocycles. The highest BCUT2D eigenvalue weighted by molar-refractivity contribution is 5.80. The molecule has 80 heavy (non-hydrogen) atoms. The highest BCUT2D eigenvalue weighted by atomic mass is 15.0. The van der Waals surface area contributed by atoms with Gasteiger partial charge in [0.2, 0.25) is 0 Å². The van der Waals surface area contributed by atoms with Crippen LogP contribution in [0.25, 0.3) is 113 Å².